The van der Waals surface area contributed by atoms with E-state index in [1.807, 2.05) is 0 Å². The molecule has 2 amide bonds. The van der Waals surface area contributed by atoms with Gasteiger partial charge in [-0.3, -0.25) is 4.79 Å². The van der Waals surface area contributed by atoms with Crippen molar-refractivity contribution < 1.29 is 19.1 Å². The number of amides is 2. The monoisotopic (exact) mass is 288 g/mol. The SMILES string of the molecule is CC(CCNC(=O)Nc1ccc(Cl)c(F)c1)C(=O)O. The van der Waals surface area contributed by atoms with Crippen LogP contribution in [0.5, 0.6) is 0 Å². The Morgan fingerprint density at radius 2 is 2.16 bits per heavy atom. The summed E-state index contributed by atoms with van der Waals surface area (Å²) < 4.78 is 13.1. The van der Waals surface area contributed by atoms with Crippen molar-refractivity contribution in [3.05, 3.63) is 29.0 Å². The van der Waals surface area contributed by atoms with Gasteiger partial charge >= 0.3 is 12.0 Å². The molecule has 1 atom stereocenters. The van der Waals surface area contributed by atoms with Crippen molar-refractivity contribution in [3.8, 4) is 0 Å². The molecule has 0 aliphatic carbocycles. The molecule has 0 saturated heterocycles. The number of hydrogen-bond donors (Lipinski definition) is 3. The largest absolute Gasteiger partial charge is 0.481 e. The summed E-state index contributed by atoms with van der Waals surface area (Å²) in [4.78, 5) is 22.0. The lowest BCUT2D eigenvalue weighted by Gasteiger charge is -2.09. The zero-order chi connectivity index (χ0) is 14.4. The highest BCUT2D eigenvalue weighted by Gasteiger charge is 2.11. The fourth-order valence-electron chi connectivity index (χ4n) is 1.27. The fraction of sp³-hybridized carbons (Fsp3) is 0.333. The van der Waals surface area contributed by atoms with E-state index in [9.17, 15) is 14.0 Å². The predicted molar refractivity (Wildman–Crippen MR) is 69.8 cm³/mol. The summed E-state index contributed by atoms with van der Waals surface area (Å²) in [5.74, 6) is -2.07. The van der Waals surface area contributed by atoms with Crippen LogP contribution in [0.3, 0.4) is 0 Å². The maximum atomic E-state index is 13.1. The van der Waals surface area contributed by atoms with Gasteiger partial charge in [-0.2, -0.15) is 0 Å². The number of carbonyl (C=O) groups excluding carboxylic acids is 1. The second kappa shape index (κ2) is 6.94. The summed E-state index contributed by atoms with van der Waals surface area (Å²) >= 11 is 5.51. The minimum absolute atomic E-state index is 0.0266. The third kappa shape index (κ3) is 5.13. The van der Waals surface area contributed by atoms with Crippen LogP contribution in [0.25, 0.3) is 0 Å². The average Bonchev–Trinajstić information content (AvgIpc) is 2.33. The first-order valence-electron chi connectivity index (χ1n) is 5.63. The molecule has 7 heteroatoms. The standard InChI is InChI=1S/C12H14ClFN2O3/c1-7(11(17)18)4-5-15-12(19)16-8-2-3-9(13)10(14)6-8/h2-3,6-7H,4-5H2,1H3,(H,17,18)(H2,15,16,19). The van der Waals surface area contributed by atoms with Gasteiger partial charge in [-0.05, 0) is 24.6 Å². The number of rotatable bonds is 5. The minimum atomic E-state index is -0.915. The van der Waals surface area contributed by atoms with E-state index in [1.54, 1.807) is 6.92 Å². The van der Waals surface area contributed by atoms with Crippen LogP contribution in [0.1, 0.15) is 13.3 Å². The fourth-order valence-corrected chi connectivity index (χ4v) is 1.39. The zero-order valence-corrected chi connectivity index (χ0v) is 11.0. The molecule has 0 bridgehead atoms. The molecule has 1 aromatic rings. The van der Waals surface area contributed by atoms with Crippen molar-refractivity contribution in [3.63, 3.8) is 0 Å². The van der Waals surface area contributed by atoms with E-state index in [-0.39, 0.29) is 17.3 Å². The summed E-state index contributed by atoms with van der Waals surface area (Å²) in [5, 5.41) is 13.5. The van der Waals surface area contributed by atoms with Gasteiger partial charge in [-0.15, -0.1) is 0 Å². The van der Waals surface area contributed by atoms with Gasteiger partial charge in [0, 0.05) is 12.2 Å². The zero-order valence-electron chi connectivity index (χ0n) is 10.2. The van der Waals surface area contributed by atoms with Gasteiger partial charge in [-0.25, -0.2) is 9.18 Å². The van der Waals surface area contributed by atoms with Gasteiger partial charge in [-0.1, -0.05) is 18.5 Å². The lowest BCUT2D eigenvalue weighted by atomic mass is 10.1. The number of nitrogens with one attached hydrogen (secondary N) is 2. The molecule has 104 valence electrons. The smallest absolute Gasteiger partial charge is 0.319 e. The summed E-state index contributed by atoms with van der Waals surface area (Å²) in [6.45, 7) is 1.77. The molecular formula is C12H14ClFN2O3. The van der Waals surface area contributed by atoms with Gasteiger partial charge in [0.25, 0.3) is 0 Å². The molecule has 0 fully saturated rings. The number of carboxylic acid groups (broad SMARTS) is 1. The molecular weight excluding hydrogens is 275 g/mol. The van der Waals surface area contributed by atoms with Crippen LogP contribution in [0, 0.1) is 11.7 Å². The molecule has 1 unspecified atom stereocenters. The predicted octanol–water partition coefficient (Wildman–Crippen LogP) is 2.71. The molecule has 0 radical (unpaired) electrons. The van der Waals surface area contributed by atoms with Crippen molar-refractivity contribution in [1.82, 2.24) is 5.32 Å². The van der Waals surface area contributed by atoms with Crippen LogP contribution < -0.4 is 10.6 Å². The molecule has 0 aliphatic rings. The first-order chi connectivity index (χ1) is 8.90. The number of urea groups is 1. The second-order valence-electron chi connectivity index (χ2n) is 4.04. The van der Waals surface area contributed by atoms with Crippen LogP contribution >= 0.6 is 11.6 Å². The average molecular weight is 289 g/mol. The number of carboxylic acids is 1. The van der Waals surface area contributed by atoms with Crippen molar-refractivity contribution in [1.29, 1.82) is 0 Å². The van der Waals surface area contributed by atoms with Crippen LogP contribution in [0.15, 0.2) is 18.2 Å². The first kappa shape index (κ1) is 15.2. The molecule has 1 rings (SSSR count). The maximum absolute atomic E-state index is 13.1. The van der Waals surface area contributed by atoms with Crippen LogP contribution in [0.4, 0.5) is 14.9 Å². The summed E-state index contributed by atoms with van der Waals surface area (Å²) in [7, 11) is 0. The quantitative estimate of drug-likeness (QED) is 0.779. The lowest BCUT2D eigenvalue weighted by molar-refractivity contribution is -0.141. The number of halogens is 2. The van der Waals surface area contributed by atoms with E-state index in [0.29, 0.717) is 6.42 Å². The molecule has 0 heterocycles. The van der Waals surface area contributed by atoms with Gasteiger partial charge in [0.05, 0.1) is 10.9 Å². The highest BCUT2D eigenvalue weighted by Crippen LogP contribution is 2.18. The normalized spacial score (nSPS) is 11.7. The van der Waals surface area contributed by atoms with E-state index in [2.05, 4.69) is 10.6 Å². The number of benzene rings is 1. The topological polar surface area (TPSA) is 78.4 Å². The molecule has 19 heavy (non-hydrogen) atoms. The van der Waals surface area contributed by atoms with Crippen LogP contribution in [0.2, 0.25) is 5.02 Å². The van der Waals surface area contributed by atoms with Gasteiger partial charge in [0.1, 0.15) is 5.82 Å². The Kier molecular flexibility index (Phi) is 5.57. The van der Waals surface area contributed by atoms with E-state index in [0.717, 1.165) is 6.07 Å². The van der Waals surface area contributed by atoms with E-state index in [1.165, 1.54) is 12.1 Å². The molecule has 0 aromatic heterocycles. The molecule has 3 N–H and O–H groups in total. The van der Waals surface area contributed by atoms with Crippen molar-refractivity contribution in [2.75, 3.05) is 11.9 Å². The van der Waals surface area contributed by atoms with Crippen LogP contribution in [-0.2, 0) is 4.79 Å². The highest BCUT2D eigenvalue weighted by atomic mass is 35.5. The van der Waals surface area contributed by atoms with Crippen LogP contribution in [-0.4, -0.2) is 23.7 Å². The summed E-state index contributed by atoms with van der Waals surface area (Å²) in [6.07, 6.45) is 0.317. The van der Waals surface area contributed by atoms with E-state index < -0.39 is 23.7 Å². The molecule has 0 spiro atoms. The molecule has 0 saturated carbocycles. The van der Waals surface area contributed by atoms with Gasteiger partial charge < -0.3 is 15.7 Å². The molecule has 1 aromatic carbocycles. The second-order valence-corrected chi connectivity index (χ2v) is 4.44. The number of carbonyl (C=O) groups is 2. The maximum Gasteiger partial charge on any atom is 0.319 e. The summed E-state index contributed by atoms with van der Waals surface area (Å²) in [6, 6.07) is 3.37. The first-order valence-corrected chi connectivity index (χ1v) is 6.00. The third-order valence-electron chi connectivity index (χ3n) is 2.46. The Labute approximate surface area is 114 Å². The highest BCUT2D eigenvalue weighted by molar-refractivity contribution is 6.30. The number of anilines is 1. The van der Waals surface area contributed by atoms with Crippen molar-refractivity contribution >= 4 is 29.3 Å². The molecule has 5 nitrogen and oxygen atoms in total. The Balaban J connectivity index is 2.39. The van der Waals surface area contributed by atoms with Gasteiger partial charge in [0.2, 0.25) is 0 Å². The Morgan fingerprint density at radius 3 is 2.74 bits per heavy atom. The third-order valence-corrected chi connectivity index (χ3v) is 2.77. The van der Waals surface area contributed by atoms with E-state index in [4.69, 9.17) is 16.7 Å². The Hall–Kier alpha value is -1.82. The Bertz CT molecular complexity index is 482. The lowest BCUT2D eigenvalue weighted by Crippen LogP contribution is -2.31. The van der Waals surface area contributed by atoms with E-state index >= 15 is 0 Å². The van der Waals surface area contributed by atoms with Crippen molar-refractivity contribution in [2.45, 2.75) is 13.3 Å². The summed E-state index contributed by atoms with van der Waals surface area (Å²) in [5.41, 5.74) is 0.269. The number of aliphatic carboxylic acids is 1. The van der Waals surface area contributed by atoms with Crippen molar-refractivity contribution in [2.24, 2.45) is 5.92 Å². The minimum Gasteiger partial charge on any atom is -0.481 e. The molecule has 0 aliphatic heterocycles. The van der Waals surface area contributed by atoms with Gasteiger partial charge in [0.15, 0.2) is 0 Å². The Morgan fingerprint density at radius 1 is 1.47 bits per heavy atom. The number of hydrogen-bond acceptors (Lipinski definition) is 2.